The number of hydrogen-bond donors (Lipinski definition) is 2. The molecule has 0 bridgehead atoms. The first-order valence-corrected chi connectivity index (χ1v) is 8.16. The molecule has 0 spiro atoms. The fourth-order valence-corrected chi connectivity index (χ4v) is 2.92. The topological polar surface area (TPSA) is 71.2 Å². The predicted octanol–water partition coefficient (Wildman–Crippen LogP) is 2.86. The van der Waals surface area contributed by atoms with Gasteiger partial charge < -0.3 is 16.0 Å². The summed E-state index contributed by atoms with van der Waals surface area (Å²) in [5.41, 5.74) is 4.51. The van der Waals surface area contributed by atoms with Crippen LogP contribution in [-0.4, -0.2) is 37.1 Å². The van der Waals surface area contributed by atoms with Crippen LogP contribution in [-0.2, 0) is 11.0 Å². The highest BCUT2D eigenvalue weighted by Gasteiger charge is 2.32. The molecule has 10 heteroatoms. The monoisotopic (exact) mass is 400 g/mol. The molecule has 1 fully saturated rings. The summed E-state index contributed by atoms with van der Waals surface area (Å²) in [6, 6.07) is 0.884. The minimum absolute atomic E-state index is 0. The Hall–Kier alpha value is -1.25. The van der Waals surface area contributed by atoms with E-state index in [-0.39, 0.29) is 29.3 Å². The maximum Gasteiger partial charge on any atom is 0.417 e. The van der Waals surface area contributed by atoms with E-state index in [0.717, 1.165) is 18.7 Å². The minimum atomic E-state index is -4.47. The minimum Gasteiger partial charge on any atom is -0.356 e. The van der Waals surface area contributed by atoms with Crippen molar-refractivity contribution in [3.63, 3.8) is 0 Å². The molecule has 1 aliphatic heterocycles. The molecule has 1 saturated heterocycles. The molecule has 0 aromatic carbocycles. The van der Waals surface area contributed by atoms with Crippen molar-refractivity contribution in [3.05, 3.63) is 22.8 Å². The molecule has 142 valence electrons. The summed E-state index contributed by atoms with van der Waals surface area (Å²) in [4.78, 5) is 17.7. The molecule has 3 N–H and O–H groups in total. The number of carbonyl (C=O) groups excluding carboxylic acids is 1. The second-order valence-electron chi connectivity index (χ2n) is 5.72. The van der Waals surface area contributed by atoms with Crippen LogP contribution in [0.1, 0.15) is 24.8 Å². The fraction of sp³-hybridized carbons (Fsp3) is 0.600. The molecule has 2 rings (SSSR count). The van der Waals surface area contributed by atoms with Gasteiger partial charge in [0.05, 0.1) is 10.6 Å². The number of nitrogens with zero attached hydrogens (tertiary/aromatic N) is 2. The highest BCUT2D eigenvalue weighted by molar-refractivity contribution is 6.33. The number of nitrogens with two attached hydrogens (primary N) is 1. The van der Waals surface area contributed by atoms with Gasteiger partial charge in [-0.05, 0) is 31.9 Å². The van der Waals surface area contributed by atoms with E-state index in [1.165, 1.54) is 0 Å². The van der Waals surface area contributed by atoms with Crippen molar-refractivity contribution in [2.45, 2.75) is 25.4 Å². The van der Waals surface area contributed by atoms with Gasteiger partial charge in [0.1, 0.15) is 5.82 Å². The third-order valence-corrected chi connectivity index (χ3v) is 4.27. The number of alkyl halides is 3. The van der Waals surface area contributed by atoms with Crippen molar-refractivity contribution in [1.82, 2.24) is 10.3 Å². The number of aromatic nitrogens is 1. The van der Waals surface area contributed by atoms with Crippen LogP contribution in [0.15, 0.2) is 12.3 Å². The highest BCUT2D eigenvalue weighted by atomic mass is 35.5. The van der Waals surface area contributed by atoms with Crippen molar-refractivity contribution in [1.29, 1.82) is 0 Å². The highest BCUT2D eigenvalue weighted by Crippen LogP contribution is 2.34. The zero-order valence-corrected chi connectivity index (χ0v) is 15.1. The van der Waals surface area contributed by atoms with Gasteiger partial charge in [-0.3, -0.25) is 4.79 Å². The number of hydrogen-bond acceptors (Lipinski definition) is 4. The maximum atomic E-state index is 12.6. The molecule has 0 unspecified atom stereocenters. The maximum absolute atomic E-state index is 12.6. The fourth-order valence-electron chi connectivity index (χ4n) is 2.63. The average Bonchev–Trinajstić information content (AvgIpc) is 2.54. The summed E-state index contributed by atoms with van der Waals surface area (Å²) in [6.07, 6.45) is -1.74. The average molecular weight is 401 g/mol. The van der Waals surface area contributed by atoms with Crippen LogP contribution in [0.25, 0.3) is 0 Å². The van der Waals surface area contributed by atoms with Crippen LogP contribution < -0.4 is 16.0 Å². The zero-order chi connectivity index (χ0) is 17.7. The quantitative estimate of drug-likeness (QED) is 0.745. The van der Waals surface area contributed by atoms with Crippen LogP contribution in [0.2, 0.25) is 5.02 Å². The molecule has 25 heavy (non-hydrogen) atoms. The lowest BCUT2D eigenvalue weighted by atomic mass is 9.96. The second kappa shape index (κ2) is 9.45. The number of halogens is 5. The predicted molar refractivity (Wildman–Crippen MR) is 93.1 cm³/mol. The molecular weight excluding hydrogens is 380 g/mol. The van der Waals surface area contributed by atoms with Crippen molar-refractivity contribution in [3.8, 4) is 0 Å². The largest absolute Gasteiger partial charge is 0.417 e. The lowest BCUT2D eigenvalue weighted by Crippen LogP contribution is -2.41. The van der Waals surface area contributed by atoms with Crippen LogP contribution in [0.4, 0.5) is 19.0 Å². The molecule has 1 aromatic heterocycles. The lowest BCUT2D eigenvalue weighted by Gasteiger charge is -2.32. The van der Waals surface area contributed by atoms with Crippen molar-refractivity contribution in [2.75, 3.05) is 31.1 Å². The van der Waals surface area contributed by atoms with Gasteiger partial charge in [0.25, 0.3) is 0 Å². The van der Waals surface area contributed by atoms with Crippen molar-refractivity contribution in [2.24, 2.45) is 11.7 Å². The number of rotatable bonds is 5. The Kier molecular flexibility index (Phi) is 8.24. The molecule has 5 nitrogen and oxygen atoms in total. The molecule has 0 saturated carbocycles. The van der Waals surface area contributed by atoms with E-state index >= 15 is 0 Å². The Morgan fingerprint density at radius 3 is 2.56 bits per heavy atom. The van der Waals surface area contributed by atoms with Gasteiger partial charge in [-0.15, -0.1) is 12.4 Å². The third-order valence-electron chi connectivity index (χ3n) is 3.99. The van der Waals surface area contributed by atoms with Gasteiger partial charge in [0.15, 0.2) is 0 Å². The number of piperidine rings is 1. The number of pyridine rings is 1. The second-order valence-corrected chi connectivity index (χ2v) is 6.13. The normalized spacial score (nSPS) is 15.6. The summed E-state index contributed by atoms with van der Waals surface area (Å²) in [5.74, 6) is 0.216. The Morgan fingerprint density at radius 2 is 2.04 bits per heavy atom. The Morgan fingerprint density at radius 1 is 1.40 bits per heavy atom. The van der Waals surface area contributed by atoms with E-state index in [4.69, 9.17) is 17.3 Å². The molecule has 1 aliphatic rings. The molecular formula is C15H21Cl2F3N4O. The van der Waals surface area contributed by atoms with Crippen molar-refractivity contribution >= 4 is 35.7 Å². The lowest BCUT2D eigenvalue weighted by molar-refractivity contribution is -0.137. The summed E-state index contributed by atoms with van der Waals surface area (Å²) < 4.78 is 37.9. The van der Waals surface area contributed by atoms with Gasteiger partial charge >= 0.3 is 6.18 Å². The molecule has 0 radical (unpaired) electrons. The number of amides is 1. The van der Waals surface area contributed by atoms with Crippen LogP contribution in [0, 0.1) is 5.92 Å². The van der Waals surface area contributed by atoms with Gasteiger partial charge in [0, 0.05) is 31.7 Å². The van der Waals surface area contributed by atoms with E-state index in [1.807, 2.05) is 4.90 Å². The van der Waals surface area contributed by atoms with E-state index in [0.29, 0.717) is 44.8 Å². The van der Waals surface area contributed by atoms with Crippen molar-refractivity contribution < 1.29 is 18.0 Å². The van der Waals surface area contributed by atoms with E-state index < -0.39 is 11.7 Å². The van der Waals surface area contributed by atoms with Gasteiger partial charge in [0.2, 0.25) is 5.91 Å². The van der Waals surface area contributed by atoms with Crippen LogP contribution in [0.3, 0.4) is 0 Å². The number of anilines is 1. The SMILES string of the molecule is Cl.NCCCNC(=O)C1CCN(c2ncc(C(F)(F)F)cc2Cl)CC1. The standard InChI is InChI=1S/C15H20ClF3N4O.ClH/c16-12-8-11(15(17,18)19)9-22-13(12)23-6-2-10(3-7-23)14(24)21-5-1-4-20;/h8-10H,1-7,20H2,(H,21,24);1H. The van der Waals surface area contributed by atoms with E-state index in [2.05, 4.69) is 10.3 Å². The first-order chi connectivity index (χ1) is 11.3. The van der Waals surface area contributed by atoms with Crippen LogP contribution in [0.5, 0.6) is 0 Å². The van der Waals surface area contributed by atoms with Gasteiger partial charge in [-0.2, -0.15) is 13.2 Å². The first kappa shape index (κ1) is 21.8. The Labute approximate surface area is 155 Å². The summed E-state index contributed by atoms with van der Waals surface area (Å²) in [5, 5.41) is 2.81. The first-order valence-electron chi connectivity index (χ1n) is 7.78. The zero-order valence-electron chi connectivity index (χ0n) is 13.5. The molecule has 1 aromatic rings. The van der Waals surface area contributed by atoms with Gasteiger partial charge in [-0.1, -0.05) is 11.6 Å². The van der Waals surface area contributed by atoms with E-state index in [1.54, 1.807) is 0 Å². The summed E-state index contributed by atoms with van der Waals surface area (Å²) in [7, 11) is 0. The Balaban J connectivity index is 0.00000312. The van der Waals surface area contributed by atoms with E-state index in [9.17, 15) is 18.0 Å². The number of nitrogens with one attached hydrogen (secondary N) is 1. The molecule has 0 aliphatic carbocycles. The summed E-state index contributed by atoms with van der Waals surface area (Å²) >= 11 is 5.96. The number of carbonyl (C=O) groups is 1. The Bertz CT molecular complexity index is 578. The smallest absolute Gasteiger partial charge is 0.356 e. The summed E-state index contributed by atoms with van der Waals surface area (Å²) in [6.45, 7) is 2.12. The third kappa shape index (κ3) is 5.90. The van der Waals surface area contributed by atoms with Crippen LogP contribution >= 0.6 is 24.0 Å². The molecule has 0 atom stereocenters. The molecule has 2 heterocycles. The molecule has 1 amide bonds. The van der Waals surface area contributed by atoms with Gasteiger partial charge in [-0.25, -0.2) is 4.98 Å².